The summed E-state index contributed by atoms with van der Waals surface area (Å²) in [5.41, 5.74) is -0.437. The van der Waals surface area contributed by atoms with Crippen molar-refractivity contribution in [3.63, 3.8) is 0 Å². The Morgan fingerprint density at radius 1 is 1.27 bits per heavy atom. The van der Waals surface area contributed by atoms with Crippen molar-refractivity contribution in [1.82, 2.24) is 10.2 Å². The van der Waals surface area contributed by atoms with Crippen LogP contribution < -0.4 is 5.32 Å². The van der Waals surface area contributed by atoms with Crippen molar-refractivity contribution in [2.75, 3.05) is 13.7 Å². The van der Waals surface area contributed by atoms with E-state index in [4.69, 9.17) is 9.47 Å². The maximum absolute atomic E-state index is 13.2. The number of nitrogens with one attached hydrogen (secondary N) is 1. The number of carbonyl (C=O) groups is 2. The van der Waals surface area contributed by atoms with E-state index in [2.05, 4.69) is 11.9 Å². The fraction of sp³-hybridized carbons (Fsp3) is 0.789. The molecule has 2 N–H and O–H groups in total. The van der Waals surface area contributed by atoms with Crippen LogP contribution in [-0.4, -0.2) is 59.8 Å². The van der Waals surface area contributed by atoms with E-state index in [0.29, 0.717) is 5.88 Å². The number of aliphatic hydroxyl groups excluding tert-OH is 1. The third kappa shape index (κ3) is 4.90. The Labute approximate surface area is 155 Å². The zero-order valence-corrected chi connectivity index (χ0v) is 16.3. The fourth-order valence-electron chi connectivity index (χ4n) is 3.63. The molecule has 0 unspecified atom stereocenters. The van der Waals surface area contributed by atoms with Crippen molar-refractivity contribution in [2.24, 2.45) is 5.41 Å². The van der Waals surface area contributed by atoms with Crippen LogP contribution >= 0.6 is 0 Å². The molecule has 1 aliphatic carbocycles. The lowest BCUT2D eigenvalue weighted by Crippen LogP contribution is -2.55. The molecule has 0 bridgehead atoms. The van der Waals surface area contributed by atoms with Crippen molar-refractivity contribution in [3.8, 4) is 0 Å². The van der Waals surface area contributed by atoms with E-state index in [1.54, 1.807) is 0 Å². The lowest BCUT2D eigenvalue weighted by Gasteiger charge is -2.36. The molecule has 7 heteroatoms. The van der Waals surface area contributed by atoms with Crippen molar-refractivity contribution in [1.29, 1.82) is 0 Å². The number of ether oxygens (including phenoxy) is 2. The molecule has 2 fully saturated rings. The summed E-state index contributed by atoms with van der Waals surface area (Å²) in [6, 6.07) is -1.40. The molecule has 0 radical (unpaired) electrons. The first-order chi connectivity index (χ1) is 12.1. The Balaban J connectivity index is 2.10. The zero-order chi connectivity index (χ0) is 19.5. The van der Waals surface area contributed by atoms with Crippen LogP contribution in [-0.2, 0) is 19.1 Å². The molecule has 2 rings (SSSR count). The normalized spacial score (nSPS) is 25.0. The van der Waals surface area contributed by atoms with Crippen molar-refractivity contribution >= 4 is 11.9 Å². The summed E-state index contributed by atoms with van der Waals surface area (Å²) in [7, 11) is 1.28. The van der Waals surface area contributed by atoms with Gasteiger partial charge in [-0.05, 0) is 37.7 Å². The summed E-state index contributed by atoms with van der Waals surface area (Å²) in [4.78, 5) is 26.6. The van der Waals surface area contributed by atoms with Crippen LogP contribution in [0.2, 0.25) is 0 Å². The summed E-state index contributed by atoms with van der Waals surface area (Å²) in [6.45, 7) is 9.84. The predicted molar refractivity (Wildman–Crippen MR) is 97.0 cm³/mol. The number of hydrogen-bond acceptors (Lipinski definition) is 6. The molecule has 1 saturated heterocycles. The molecule has 0 spiro atoms. The van der Waals surface area contributed by atoms with Crippen LogP contribution in [0.15, 0.2) is 12.5 Å². The van der Waals surface area contributed by atoms with Crippen LogP contribution in [0.25, 0.3) is 0 Å². The molecule has 26 heavy (non-hydrogen) atoms. The lowest BCUT2D eigenvalue weighted by molar-refractivity contribution is -0.152. The highest BCUT2D eigenvalue weighted by Gasteiger charge is 2.44. The van der Waals surface area contributed by atoms with E-state index in [0.717, 1.165) is 25.7 Å². The molecule has 0 aromatic carbocycles. The molecule has 1 amide bonds. The molecule has 3 atom stereocenters. The second kappa shape index (κ2) is 8.29. The summed E-state index contributed by atoms with van der Waals surface area (Å²) in [5.74, 6) is -0.399. The molecule has 1 aliphatic heterocycles. The Kier molecular flexibility index (Phi) is 6.55. The largest absolute Gasteiger partial charge is 0.476 e. The van der Waals surface area contributed by atoms with Crippen LogP contribution in [0.1, 0.15) is 52.9 Å². The molecule has 1 heterocycles. The molecule has 0 aromatic rings. The van der Waals surface area contributed by atoms with Gasteiger partial charge < -0.3 is 24.8 Å². The molecule has 0 aromatic heterocycles. The number of esters is 1. The van der Waals surface area contributed by atoms with Gasteiger partial charge in [0, 0.05) is 13.0 Å². The molecule has 1 saturated carbocycles. The van der Waals surface area contributed by atoms with E-state index < -0.39 is 29.6 Å². The van der Waals surface area contributed by atoms with Gasteiger partial charge in [-0.25, -0.2) is 4.79 Å². The zero-order valence-electron chi connectivity index (χ0n) is 16.3. The minimum atomic E-state index is -0.766. The highest BCUT2D eigenvalue weighted by atomic mass is 16.5. The van der Waals surface area contributed by atoms with Gasteiger partial charge in [-0.2, -0.15) is 0 Å². The molecular weight excluding hydrogens is 336 g/mol. The third-order valence-corrected chi connectivity index (χ3v) is 5.06. The summed E-state index contributed by atoms with van der Waals surface area (Å²) in [6.07, 6.45) is 3.88. The van der Waals surface area contributed by atoms with Gasteiger partial charge in [0.25, 0.3) is 0 Å². The number of amides is 1. The van der Waals surface area contributed by atoms with Crippen molar-refractivity contribution in [3.05, 3.63) is 12.5 Å². The second-order valence-electron chi connectivity index (χ2n) is 8.31. The van der Waals surface area contributed by atoms with Gasteiger partial charge in [-0.3, -0.25) is 4.79 Å². The quantitative estimate of drug-likeness (QED) is 0.546. The number of aliphatic hydroxyl groups is 1. The van der Waals surface area contributed by atoms with E-state index >= 15 is 0 Å². The first-order valence-corrected chi connectivity index (χ1v) is 9.32. The highest BCUT2D eigenvalue weighted by Crippen LogP contribution is 2.28. The maximum Gasteiger partial charge on any atom is 0.328 e. The van der Waals surface area contributed by atoms with Crippen molar-refractivity contribution in [2.45, 2.75) is 77.2 Å². The number of likely N-dealkylation sites (tertiary alicyclic amines) is 1. The van der Waals surface area contributed by atoms with Crippen LogP contribution in [0.3, 0.4) is 0 Å². The number of methoxy groups -OCH3 is 1. The Morgan fingerprint density at radius 3 is 2.42 bits per heavy atom. The number of nitrogens with zero attached hydrogens (tertiary/aromatic N) is 1. The minimum absolute atomic E-state index is 0.114. The monoisotopic (exact) mass is 368 g/mol. The Hall–Kier alpha value is -1.76. The SMILES string of the molecule is C=C(N[C@H](C(=O)N1C[C@@H](O)C[C@H]1C(=O)OC)C(C)(C)C)OC1CCCC1. The predicted octanol–water partition coefficient (Wildman–Crippen LogP) is 1.56. The lowest BCUT2D eigenvalue weighted by atomic mass is 9.85. The average Bonchev–Trinajstić information content (AvgIpc) is 3.19. The molecule has 2 aliphatic rings. The third-order valence-electron chi connectivity index (χ3n) is 5.06. The van der Waals surface area contributed by atoms with Gasteiger partial charge in [-0.1, -0.05) is 20.8 Å². The van der Waals surface area contributed by atoms with E-state index in [-0.39, 0.29) is 25.0 Å². The summed E-state index contributed by atoms with van der Waals surface area (Å²) in [5, 5.41) is 13.1. The van der Waals surface area contributed by atoms with E-state index in [9.17, 15) is 14.7 Å². The van der Waals surface area contributed by atoms with E-state index in [1.165, 1.54) is 12.0 Å². The average molecular weight is 368 g/mol. The van der Waals surface area contributed by atoms with Gasteiger partial charge in [0.1, 0.15) is 18.2 Å². The first kappa shape index (κ1) is 20.6. The van der Waals surface area contributed by atoms with Gasteiger partial charge >= 0.3 is 5.97 Å². The van der Waals surface area contributed by atoms with Gasteiger partial charge in [-0.15, -0.1) is 0 Å². The fourth-order valence-corrected chi connectivity index (χ4v) is 3.63. The Bertz CT molecular complexity index is 537. The molecule has 148 valence electrons. The maximum atomic E-state index is 13.2. The van der Waals surface area contributed by atoms with Crippen LogP contribution in [0.4, 0.5) is 0 Å². The van der Waals surface area contributed by atoms with Gasteiger partial charge in [0.2, 0.25) is 5.91 Å². The topological polar surface area (TPSA) is 88.1 Å². The summed E-state index contributed by atoms with van der Waals surface area (Å²) >= 11 is 0. The number of carbonyl (C=O) groups excluding carboxylic acids is 2. The first-order valence-electron chi connectivity index (χ1n) is 9.32. The smallest absolute Gasteiger partial charge is 0.328 e. The summed E-state index contributed by atoms with van der Waals surface area (Å²) < 4.78 is 10.6. The van der Waals surface area contributed by atoms with Gasteiger partial charge in [0.05, 0.1) is 13.2 Å². The Morgan fingerprint density at radius 2 is 1.88 bits per heavy atom. The van der Waals surface area contributed by atoms with Crippen LogP contribution in [0.5, 0.6) is 0 Å². The molecular formula is C19H32N2O5. The number of hydrogen-bond donors (Lipinski definition) is 2. The molecule has 7 nitrogen and oxygen atoms in total. The second-order valence-corrected chi connectivity index (χ2v) is 8.31. The van der Waals surface area contributed by atoms with E-state index in [1.807, 2.05) is 20.8 Å². The van der Waals surface area contributed by atoms with Gasteiger partial charge in [0.15, 0.2) is 5.88 Å². The minimum Gasteiger partial charge on any atom is -0.476 e. The number of β-amino-alcohol motifs (C(OH)–C–C–N with tert-alkyl or cyclic N) is 1. The standard InChI is InChI=1S/C19H32N2O5/c1-12(26-14-8-6-7-9-14)20-16(19(2,3)4)17(23)21-11-13(22)10-15(21)18(24)25-5/h13-16,20,22H,1,6-11H2,2-5H3/t13-,15-,16+/m0/s1. The number of rotatable bonds is 6. The highest BCUT2D eigenvalue weighted by molar-refractivity contribution is 5.89. The van der Waals surface area contributed by atoms with Crippen molar-refractivity contribution < 1.29 is 24.2 Å². The van der Waals surface area contributed by atoms with Crippen LogP contribution in [0, 0.1) is 5.41 Å².